The second kappa shape index (κ2) is 10.8. The highest BCUT2D eigenvalue weighted by atomic mass is 16.5. The van der Waals surface area contributed by atoms with Crippen molar-refractivity contribution in [3.05, 3.63) is 95.2 Å². The molecule has 4 N–H and O–H groups in total. The van der Waals surface area contributed by atoms with Gasteiger partial charge in [-0.15, -0.1) is 0 Å². The Balaban J connectivity index is 1.47. The van der Waals surface area contributed by atoms with E-state index >= 15 is 0 Å². The van der Waals surface area contributed by atoms with Crippen molar-refractivity contribution in [3.8, 4) is 5.75 Å². The minimum Gasteiger partial charge on any atom is -0.489 e. The lowest BCUT2D eigenvalue weighted by molar-refractivity contribution is 0.102. The maximum Gasteiger partial charge on any atom is 0.423 e. The van der Waals surface area contributed by atoms with Crippen LogP contribution in [0.1, 0.15) is 46.8 Å². The fourth-order valence-electron chi connectivity index (χ4n) is 4.07. The van der Waals surface area contributed by atoms with E-state index in [0.29, 0.717) is 23.0 Å². The summed E-state index contributed by atoms with van der Waals surface area (Å²) in [6.07, 6.45) is 0.424. The maximum atomic E-state index is 12.9. The molecule has 1 heterocycles. The van der Waals surface area contributed by atoms with Crippen molar-refractivity contribution in [2.24, 2.45) is 0 Å². The molecule has 0 fully saturated rings. The van der Waals surface area contributed by atoms with Crippen LogP contribution in [0.15, 0.2) is 72.9 Å². The van der Waals surface area contributed by atoms with Crippen LogP contribution in [0, 0.1) is 6.92 Å². The number of pyridine rings is 1. The number of carboxylic acid groups (broad SMARTS) is 1. The summed E-state index contributed by atoms with van der Waals surface area (Å²) in [6, 6.07) is 20.5. The van der Waals surface area contributed by atoms with Gasteiger partial charge in [-0.05, 0) is 59.7 Å². The Morgan fingerprint density at radius 3 is 2.50 bits per heavy atom. The Bertz CT molecular complexity index is 1420. The summed E-state index contributed by atoms with van der Waals surface area (Å²) in [4.78, 5) is 28.0. The number of fused-ring (bicyclic) bond motifs is 1. The van der Waals surface area contributed by atoms with Crippen molar-refractivity contribution in [2.45, 2.75) is 33.3 Å². The van der Waals surface area contributed by atoms with Crippen molar-refractivity contribution in [3.63, 3.8) is 0 Å². The van der Waals surface area contributed by atoms with E-state index in [1.165, 1.54) is 5.56 Å². The molecule has 36 heavy (non-hydrogen) atoms. The number of aryl methyl sites for hydroxylation is 1. The third kappa shape index (κ3) is 5.72. The zero-order valence-corrected chi connectivity index (χ0v) is 20.3. The second-order valence-corrected chi connectivity index (χ2v) is 8.73. The summed E-state index contributed by atoms with van der Waals surface area (Å²) in [6.45, 7) is 6.56. The van der Waals surface area contributed by atoms with E-state index in [4.69, 9.17) is 9.84 Å². The van der Waals surface area contributed by atoms with Gasteiger partial charge in [-0.1, -0.05) is 50.2 Å². The van der Waals surface area contributed by atoms with Crippen molar-refractivity contribution in [1.82, 2.24) is 10.4 Å². The normalized spacial score (nSPS) is 10.8. The van der Waals surface area contributed by atoms with Crippen LogP contribution in [0.25, 0.3) is 10.8 Å². The predicted octanol–water partition coefficient (Wildman–Crippen LogP) is 6.09. The van der Waals surface area contributed by atoms with Crippen molar-refractivity contribution in [1.29, 1.82) is 0 Å². The number of hydrazine groups is 1. The highest BCUT2D eigenvalue weighted by molar-refractivity contribution is 6.04. The Labute approximate surface area is 209 Å². The third-order valence-corrected chi connectivity index (χ3v) is 5.81. The van der Waals surface area contributed by atoms with Gasteiger partial charge in [-0.25, -0.2) is 15.2 Å². The quantitative estimate of drug-likeness (QED) is 0.225. The van der Waals surface area contributed by atoms with Crippen LogP contribution in [0.5, 0.6) is 5.75 Å². The molecule has 0 aliphatic heterocycles. The molecule has 3 aromatic carbocycles. The fourth-order valence-corrected chi connectivity index (χ4v) is 4.07. The lowest BCUT2D eigenvalue weighted by Crippen LogP contribution is -2.28. The first-order valence-corrected chi connectivity index (χ1v) is 11.6. The van der Waals surface area contributed by atoms with Gasteiger partial charge in [-0.2, -0.15) is 0 Å². The van der Waals surface area contributed by atoms with Gasteiger partial charge in [0.15, 0.2) is 5.82 Å². The van der Waals surface area contributed by atoms with E-state index in [2.05, 4.69) is 35.0 Å². The summed E-state index contributed by atoms with van der Waals surface area (Å²) >= 11 is 0. The summed E-state index contributed by atoms with van der Waals surface area (Å²) in [5, 5.41) is 13.4. The predicted molar refractivity (Wildman–Crippen MR) is 141 cm³/mol. The summed E-state index contributed by atoms with van der Waals surface area (Å²) in [5.41, 5.74) is 9.16. The van der Waals surface area contributed by atoms with Crippen LogP contribution >= 0.6 is 0 Å². The SMILES string of the molecule is Cc1cc(NC(=O)c2cccc(OCc3cnc(NNC(=O)O)c4ccccc34)c2)ccc1C(C)C. The number of aromatic nitrogens is 1. The van der Waals surface area contributed by atoms with Gasteiger partial charge >= 0.3 is 6.09 Å². The Morgan fingerprint density at radius 1 is 1.00 bits per heavy atom. The van der Waals surface area contributed by atoms with Crippen molar-refractivity contribution >= 4 is 34.3 Å². The largest absolute Gasteiger partial charge is 0.489 e. The molecule has 0 spiro atoms. The average molecular weight is 485 g/mol. The van der Waals surface area contributed by atoms with E-state index in [0.717, 1.165) is 27.6 Å². The number of carbonyl (C=O) groups excluding carboxylic acids is 1. The highest BCUT2D eigenvalue weighted by Gasteiger charge is 2.12. The highest BCUT2D eigenvalue weighted by Crippen LogP contribution is 2.26. The van der Waals surface area contributed by atoms with Gasteiger partial charge in [-0.3, -0.25) is 10.2 Å². The lowest BCUT2D eigenvalue weighted by atomic mass is 9.97. The smallest absolute Gasteiger partial charge is 0.423 e. The number of nitrogens with zero attached hydrogens (tertiary/aromatic N) is 1. The Hall–Kier alpha value is -4.59. The fraction of sp³-hybridized carbons (Fsp3) is 0.179. The molecule has 0 saturated carbocycles. The van der Waals surface area contributed by atoms with Gasteiger partial charge in [0.25, 0.3) is 5.91 Å². The number of amides is 2. The number of anilines is 2. The number of rotatable bonds is 8. The van der Waals surface area contributed by atoms with Gasteiger partial charge in [0.05, 0.1) is 0 Å². The molecular weight excluding hydrogens is 456 g/mol. The van der Waals surface area contributed by atoms with Gasteiger partial charge in [0.1, 0.15) is 12.4 Å². The molecule has 4 rings (SSSR count). The minimum atomic E-state index is -1.21. The third-order valence-electron chi connectivity index (χ3n) is 5.81. The molecule has 1 aromatic heterocycles. The average Bonchev–Trinajstić information content (AvgIpc) is 2.86. The molecule has 184 valence electrons. The molecule has 0 unspecified atom stereocenters. The van der Waals surface area contributed by atoms with E-state index < -0.39 is 6.09 Å². The molecular formula is C28H28N4O4. The van der Waals surface area contributed by atoms with Gasteiger partial charge < -0.3 is 15.2 Å². The number of hydrogen-bond donors (Lipinski definition) is 4. The molecule has 2 amide bonds. The maximum absolute atomic E-state index is 12.9. The molecule has 0 saturated heterocycles. The number of benzene rings is 3. The van der Waals surface area contributed by atoms with Crippen LogP contribution in [0.4, 0.5) is 16.3 Å². The number of carbonyl (C=O) groups is 2. The molecule has 0 atom stereocenters. The summed E-state index contributed by atoms with van der Waals surface area (Å²) in [5.74, 6) is 1.15. The van der Waals surface area contributed by atoms with E-state index in [1.807, 2.05) is 49.4 Å². The Kier molecular flexibility index (Phi) is 7.34. The van der Waals surface area contributed by atoms with Crippen LogP contribution < -0.4 is 20.9 Å². The first kappa shape index (κ1) is 24.5. The van der Waals surface area contributed by atoms with Crippen LogP contribution in [-0.2, 0) is 6.61 Å². The van der Waals surface area contributed by atoms with Crippen LogP contribution in [0.3, 0.4) is 0 Å². The first-order chi connectivity index (χ1) is 17.3. The molecule has 0 radical (unpaired) electrons. The number of hydrogen-bond acceptors (Lipinski definition) is 5. The molecule has 0 aliphatic rings. The summed E-state index contributed by atoms with van der Waals surface area (Å²) < 4.78 is 5.99. The van der Waals surface area contributed by atoms with Gasteiger partial charge in [0, 0.05) is 28.4 Å². The summed E-state index contributed by atoms with van der Waals surface area (Å²) in [7, 11) is 0. The number of ether oxygens (including phenoxy) is 1. The van der Waals surface area contributed by atoms with E-state index in [1.54, 1.807) is 30.5 Å². The molecule has 8 heteroatoms. The van der Waals surface area contributed by atoms with Crippen LogP contribution in [0.2, 0.25) is 0 Å². The van der Waals surface area contributed by atoms with E-state index in [-0.39, 0.29) is 12.5 Å². The van der Waals surface area contributed by atoms with Crippen molar-refractivity contribution in [2.75, 3.05) is 10.7 Å². The van der Waals surface area contributed by atoms with Crippen molar-refractivity contribution < 1.29 is 19.4 Å². The molecule has 0 bridgehead atoms. The second-order valence-electron chi connectivity index (χ2n) is 8.73. The lowest BCUT2D eigenvalue weighted by Gasteiger charge is -2.14. The molecule has 0 aliphatic carbocycles. The monoisotopic (exact) mass is 484 g/mol. The Morgan fingerprint density at radius 2 is 1.78 bits per heavy atom. The first-order valence-electron chi connectivity index (χ1n) is 11.6. The van der Waals surface area contributed by atoms with E-state index in [9.17, 15) is 9.59 Å². The minimum absolute atomic E-state index is 0.217. The van der Waals surface area contributed by atoms with Crippen LogP contribution in [-0.4, -0.2) is 22.1 Å². The van der Waals surface area contributed by atoms with Gasteiger partial charge in [0.2, 0.25) is 0 Å². The zero-order valence-electron chi connectivity index (χ0n) is 20.3. The number of nitrogens with one attached hydrogen (secondary N) is 3. The molecule has 8 nitrogen and oxygen atoms in total. The standard InChI is InChI=1S/C28H28N4O4/c1-17(2)23-12-11-21(13-18(23)3)30-27(33)19-7-6-8-22(14-19)36-16-20-15-29-26(31-32-28(34)35)25-10-5-4-9-24(20)25/h4-15,17,32H,16H2,1-3H3,(H,29,31)(H,30,33)(H,34,35). The molecule has 4 aromatic rings. The topological polar surface area (TPSA) is 113 Å². The zero-order chi connectivity index (χ0) is 25.7.